The largest absolute Gasteiger partial charge is 0.381 e. The van der Waals surface area contributed by atoms with Crippen LogP contribution in [0.25, 0.3) is 10.6 Å². The number of thiazole rings is 1. The summed E-state index contributed by atoms with van der Waals surface area (Å²) in [6.45, 7) is 2.30. The minimum atomic E-state index is 0.612. The minimum absolute atomic E-state index is 0.612. The Hall–Kier alpha value is -1.00. The molecule has 0 saturated carbocycles. The lowest BCUT2D eigenvalue weighted by atomic mass is 10.1. The maximum atomic E-state index is 4.33. The van der Waals surface area contributed by atoms with E-state index in [1.165, 1.54) is 23.4 Å². The molecular weight excluding hydrogens is 260 g/mol. The van der Waals surface area contributed by atoms with Gasteiger partial charge in [-0.3, -0.25) is 0 Å². The quantitative estimate of drug-likeness (QED) is 0.913. The Balaban J connectivity index is 1.71. The van der Waals surface area contributed by atoms with Crippen molar-refractivity contribution in [3.05, 3.63) is 35.8 Å². The number of anilines is 1. The van der Waals surface area contributed by atoms with Crippen molar-refractivity contribution in [1.82, 2.24) is 4.98 Å². The van der Waals surface area contributed by atoms with Crippen molar-refractivity contribution in [1.29, 1.82) is 0 Å². The number of nitrogens with one attached hydrogen (secondary N) is 1. The lowest BCUT2D eigenvalue weighted by Gasteiger charge is -2.17. The second-order valence-electron chi connectivity index (χ2n) is 4.53. The van der Waals surface area contributed by atoms with Crippen molar-refractivity contribution >= 4 is 28.8 Å². The summed E-state index contributed by atoms with van der Waals surface area (Å²) in [4.78, 5) is 4.33. The Morgan fingerprint density at radius 3 is 2.72 bits per heavy atom. The number of aromatic nitrogens is 1. The van der Waals surface area contributed by atoms with Gasteiger partial charge in [0.25, 0.3) is 0 Å². The number of nitrogens with zero attached hydrogens (tertiary/aromatic N) is 1. The van der Waals surface area contributed by atoms with Crippen molar-refractivity contribution < 1.29 is 0 Å². The molecule has 4 heteroatoms. The van der Waals surface area contributed by atoms with Crippen LogP contribution in [-0.2, 0) is 0 Å². The highest BCUT2D eigenvalue weighted by Gasteiger charge is 2.23. The van der Waals surface area contributed by atoms with Gasteiger partial charge in [0.1, 0.15) is 5.01 Å². The van der Waals surface area contributed by atoms with Gasteiger partial charge in [-0.1, -0.05) is 6.92 Å². The zero-order chi connectivity index (χ0) is 12.4. The minimum Gasteiger partial charge on any atom is -0.381 e. The zero-order valence-electron chi connectivity index (χ0n) is 10.3. The zero-order valence-corrected chi connectivity index (χ0v) is 11.9. The molecule has 1 aromatic carbocycles. The van der Waals surface area contributed by atoms with Gasteiger partial charge < -0.3 is 5.32 Å². The van der Waals surface area contributed by atoms with E-state index < -0.39 is 0 Å². The molecule has 1 saturated heterocycles. The van der Waals surface area contributed by atoms with Gasteiger partial charge >= 0.3 is 0 Å². The van der Waals surface area contributed by atoms with Crippen LogP contribution in [0.2, 0.25) is 0 Å². The molecule has 0 radical (unpaired) electrons. The van der Waals surface area contributed by atoms with Gasteiger partial charge in [-0.15, -0.1) is 11.3 Å². The predicted molar refractivity (Wildman–Crippen MR) is 81.5 cm³/mol. The van der Waals surface area contributed by atoms with Crippen LogP contribution in [0.3, 0.4) is 0 Å². The predicted octanol–water partition coefficient (Wildman–Crippen LogP) is 4.12. The van der Waals surface area contributed by atoms with Gasteiger partial charge in [-0.2, -0.15) is 11.8 Å². The van der Waals surface area contributed by atoms with Gasteiger partial charge in [0, 0.05) is 34.1 Å². The van der Waals surface area contributed by atoms with Crippen LogP contribution in [0.1, 0.15) is 13.3 Å². The Morgan fingerprint density at radius 2 is 2.11 bits per heavy atom. The molecule has 94 valence electrons. The van der Waals surface area contributed by atoms with Crippen LogP contribution in [-0.4, -0.2) is 22.0 Å². The summed E-state index contributed by atoms with van der Waals surface area (Å²) >= 11 is 3.74. The molecule has 2 unspecified atom stereocenters. The molecule has 0 bridgehead atoms. The average molecular weight is 276 g/mol. The number of hydrogen-bond donors (Lipinski definition) is 1. The summed E-state index contributed by atoms with van der Waals surface area (Å²) in [5.74, 6) is 1.27. The SMILES string of the molecule is CC1SCCC1Nc1ccc(-c2nccs2)cc1. The number of rotatable bonds is 3. The van der Waals surface area contributed by atoms with E-state index in [9.17, 15) is 0 Å². The Kier molecular flexibility index (Phi) is 3.57. The third kappa shape index (κ3) is 2.54. The standard InChI is InChI=1S/C14H16N2S2/c1-10-13(6-8-17-10)16-12-4-2-11(3-5-12)14-15-7-9-18-14/h2-5,7,9-10,13,16H,6,8H2,1H3. The third-order valence-corrected chi connectivity index (χ3v) is 5.44. The second kappa shape index (κ2) is 5.33. The first-order valence-electron chi connectivity index (χ1n) is 6.21. The monoisotopic (exact) mass is 276 g/mol. The van der Waals surface area contributed by atoms with E-state index in [-0.39, 0.29) is 0 Å². The maximum absolute atomic E-state index is 4.33. The van der Waals surface area contributed by atoms with Gasteiger partial charge in [0.05, 0.1) is 0 Å². The van der Waals surface area contributed by atoms with E-state index in [0.717, 1.165) is 5.01 Å². The molecule has 2 aromatic rings. The average Bonchev–Trinajstić information content (AvgIpc) is 3.03. The first kappa shape index (κ1) is 12.1. The molecule has 1 aromatic heterocycles. The first-order chi connectivity index (χ1) is 8.83. The summed E-state index contributed by atoms with van der Waals surface area (Å²) in [7, 11) is 0. The molecule has 0 aliphatic carbocycles. The van der Waals surface area contributed by atoms with E-state index in [1.807, 2.05) is 11.6 Å². The third-order valence-electron chi connectivity index (χ3n) is 3.29. The van der Waals surface area contributed by atoms with Crippen LogP contribution in [0.5, 0.6) is 0 Å². The van der Waals surface area contributed by atoms with E-state index in [1.54, 1.807) is 11.3 Å². The second-order valence-corrected chi connectivity index (χ2v) is 6.91. The fourth-order valence-corrected chi connectivity index (χ4v) is 4.05. The Labute approximate surface area is 116 Å². The maximum Gasteiger partial charge on any atom is 0.123 e. The van der Waals surface area contributed by atoms with Gasteiger partial charge in [-0.05, 0) is 36.4 Å². The first-order valence-corrected chi connectivity index (χ1v) is 8.14. The lowest BCUT2D eigenvalue weighted by Crippen LogP contribution is -2.24. The molecule has 2 nitrogen and oxygen atoms in total. The van der Waals surface area contributed by atoms with E-state index in [2.05, 4.69) is 53.3 Å². The van der Waals surface area contributed by atoms with Crippen molar-refractivity contribution in [2.45, 2.75) is 24.6 Å². The Bertz CT molecular complexity index is 493. The van der Waals surface area contributed by atoms with Crippen molar-refractivity contribution in [3.8, 4) is 10.6 Å². The normalized spacial score (nSPS) is 23.2. The molecule has 0 spiro atoms. The van der Waals surface area contributed by atoms with Gasteiger partial charge in [-0.25, -0.2) is 4.98 Å². The van der Waals surface area contributed by atoms with E-state index in [4.69, 9.17) is 0 Å². The number of benzene rings is 1. The summed E-state index contributed by atoms with van der Waals surface area (Å²) in [6, 6.07) is 9.22. The van der Waals surface area contributed by atoms with Crippen LogP contribution in [0.4, 0.5) is 5.69 Å². The van der Waals surface area contributed by atoms with E-state index >= 15 is 0 Å². The summed E-state index contributed by atoms with van der Waals surface area (Å²) in [6.07, 6.45) is 3.11. The molecule has 1 fully saturated rings. The molecule has 1 N–H and O–H groups in total. The highest BCUT2D eigenvalue weighted by atomic mass is 32.2. The Morgan fingerprint density at radius 1 is 1.28 bits per heavy atom. The van der Waals surface area contributed by atoms with Crippen LogP contribution < -0.4 is 5.32 Å². The van der Waals surface area contributed by atoms with Crippen molar-refractivity contribution in [2.24, 2.45) is 0 Å². The molecule has 3 rings (SSSR count). The number of thioether (sulfide) groups is 1. The molecule has 2 heterocycles. The molecule has 0 amide bonds. The lowest BCUT2D eigenvalue weighted by molar-refractivity contribution is 0.724. The summed E-state index contributed by atoms with van der Waals surface area (Å²) < 4.78 is 0. The topological polar surface area (TPSA) is 24.9 Å². The van der Waals surface area contributed by atoms with Gasteiger partial charge in [0.2, 0.25) is 0 Å². The summed E-state index contributed by atoms with van der Waals surface area (Å²) in [5, 5.41) is 7.44. The van der Waals surface area contributed by atoms with Crippen molar-refractivity contribution in [3.63, 3.8) is 0 Å². The molecule has 2 atom stereocenters. The van der Waals surface area contributed by atoms with E-state index in [0.29, 0.717) is 11.3 Å². The number of hydrogen-bond acceptors (Lipinski definition) is 4. The van der Waals surface area contributed by atoms with Crippen LogP contribution >= 0.6 is 23.1 Å². The smallest absolute Gasteiger partial charge is 0.123 e. The fraction of sp³-hybridized carbons (Fsp3) is 0.357. The van der Waals surface area contributed by atoms with Crippen LogP contribution in [0.15, 0.2) is 35.8 Å². The fourth-order valence-electron chi connectivity index (χ4n) is 2.21. The summed E-state index contributed by atoms with van der Waals surface area (Å²) in [5.41, 5.74) is 2.42. The highest BCUT2D eigenvalue weighted by molar-refractivity contribution is 8.00. The molecule has 1 aliphatic heterocycles. The van der Waals surface area contributed by atoms with Gasteiger partial charge in [0.15, 0.2) is 0 Å². The molecular formula is C14H16N2S2. The molecule has 1 aliphatic rings. The van der Waals surface area contributed by atoms with Crippen molar-refractivity contribution in [2.75, 3.05) is 11.1 Å². The van der Waals surface area contributed by atoms with Crippen LogP contribution in [0, 0.1) is 0 Å². The highest BCUT2D eigenvalue weighted by Crippen LogP contribution is 2.29. The molecule has 18 heavy (non-hydrogen) atoms.